The van der Waals surface area contributed by atoms with E-state index in [0.717, 1.165) is 51.1 Å². The Labute approximate surface area is 141 Å². The lowest BCUT2D eigenvalue weighted by Crippen LogP contribution is -2.43. The average molecular weight is 332 g/mol. The van der Waals surface area contributed by atoms with Gasteiger partial charge in [-0.15, -0.1) is 0 Å². The van der Waals surface area contributed by atoms with Crippen LogP contribution in [0.15, 0.2) is 12.4 Å². The monoisotopic (exact) mass is 332 g/mol. The number of hydrogen-bond acceptors (Lipinski definition) is 4. The van der Waals surface area contributed by atoms with Crippen LogP contribution in [0.4, 0.5) is 0 Å². The second kappa shape index (κ2) is 5.88. The van der Waals surface area contributed by atoms with E-state index in [0.29, 0.717) is 13.0 Å². The van der Waals surface area contributed by atoms with Crippen LogP contribution >= 0.6 is 0 Å². The number of carbonyl (C=O) groups is 2. The van der Waals surface area contributed by atoms with Crippen LogP contribution in [0.5, 0.6) is 0 Å². The Bertz CT molecular complexity index is 618. The minimum Gasteiger partial charge on any atom is -0.480 e. The molecule has 1 atom stereocenters. The smallest absolute Gasteiger partial charge is 0.326 e. The zero-order valence-electron chi connectivity index (χ0n) is 13.8. The van der Waals surface area contributed by atoms with Gasteiger partial charge in [-0.3, -0.25) is 9.69 Å². The van der Waals surface area contributed by atoms with Gasteiger partial charge in [0.25, 0.3) is 0 Å². The summed E-state index contributed by atoms with van der Waals surface area (Å²) in [5, 5.41) is 9.56. The summed E-state index contributed by atoms with van der Waals surface area (Å²) in [4.78, 5) is 35.5. The molecule has 0 bridgehead atoms. The number of carbonyl (C=O) groups excluding carboxylic acids is 1. The number of rotatable bonds is 4. The largest absolute Gasteiger partial charge is 0.480 e. The second-order valence-corrected chi connectivity index (χ2v) is 7.61. The van der Waals surface area contributed by atoms with Crippen LogP contribution in [0.25, 0.3) is 0 Å². The van der Waals surface area contributed by atoms with Crippen LogP contribution in [0.3, 0.4) is 0 Å². The Kier molecular flexibility index (Phi) is 3.83. The summed E-state index contributed by atoms with van der Waals surface area (Å²) in [6.45, 7) is 3.28. The summed E-state index contributed by atoms with van der Waals surface area (Å²) in [7, 11) is 0. The maximum atomic E-state index is 12.5. The molecule has 1 aliphatic carbocycles. The molecule has 2 aliphatic heterocycles. The molecule has 4 rings (SSSR count). The van der Waals surface area contributed by atoms with Gasteiger partial charge in [0.2, 0.25) is 5.91 Å². The van der Waals surface area contributed by atoms with Crippen molar-refractivity contribution in [1.29, 1.82) is 0 Å². The molecule has 3 heterocycles. The first-order valence-corrected chi connectivity index (χ1v) is 8.80. The third kappa shape index (κ3) is 2.92. The molecule has 1 amide bonds. The van der Waals surface area contributed by atoms with Crippen molar-refractivity contribution in [3.63, 3.8) is 0 Å². The number of imidazole rings is 1. The van der Waals surface area contributed by atoms with Gasteiger partial charge in [-0.25, -0.2) is 9.78 Å². The molecule has 3 fully saturated rings. The molecule has 2 saturated heterocycles. The molecule has 2 N–H and O–H groups in total. The molecule has 130 valence electrons. The van der Waals surface area contributed by atoms with Crippen LogP contribution < -0.4 is 0 Å². The van der Waals surface area contributed by atoms with E-state index in [-0.39, 0.29) is 17.2 Å². The Morgan fingerprint density at radius 2 is 2.08 bits per heavy atom. The lowest BCUT2D eigenvalue weighted by Gasteiger charge is -2.38. The maximum Gasteiger partial charge on any atom is 0.326 e. The molecule has 7 nitrogen and oxygen atoms in total. The third-order valence-corrected chi connectivity index (χ3v) is 5.85. The molecule has 1 aromatic rings. The lowest BCUT2D eigenvalue weighted by atomic mass is 9.76. The minimum absolute atomic E-state index is 0.0206. The third-order valence-electron chi connectivity index (χ3n) is 5.85. The van der Waals surface area contributed by atoms with Crippen molar-refractivity contribution >= 4 is 11.9 Å². The number of aromatic amines is 1. The maximum absolute atomic E-state index is 12.5. The van der Waals surface area contributed by atoms with Gasteiger partial charge in [0.15, 0.2) is 0 Å². The van der Waals surface area contributed by atoms with Crippen molar-refractivity contribution in [2.75, 3.05) is 19.6 Å². The van der Waals surface area contributed by atoms with E-state index in [2.05, 4.69) is 14.9 Å². The van der Waals surface area contributed by atoms with Gasteiger partial charge in [-0.05, 0) is 50.6 Å². The quantitative estimate of drug-likeness (QED) is 0.861. The number of H-pyrrole nitrogens is 1. The molecule has 1 saturated carbocycles. The van der Waals surface area contributed by atoms with Gasteiger partial charge >= 0.3 is 5.97 Å². The molecular formula is C17H24N4O3. The standard InChI is InChI=1S/C17H24N4O3/c22-15(12-1-2-12)21-11-17(9-13(21)16(23)24)3-7-20(8-4-17)10-14-18-5-6-19-14/h5-6,12-13H,1-4,7-11H2,(H,18,19)(H,23,24)/t13-/m1/s1. The van der Waals surface area contributed by atoms with E-state index in [4.69, 9.17) is 0 Å². The van der Waals surface area contributed by atoms with Crippen molar-refractivity contribution in [2.24, 2.45) is 11.3 Å². The first kappa shape index (κ1) is 15.6. The zero-order valence-corrected chi connectivity index (χ0v) is 13.8. The molecule has 0 unspecified atom stereocenters. The normalized spacial score (nSPS) is 26.8. The highest BCUT2D eigenvalue weighted by Crippen LogP contribution is 2.45. The van der Waals surface area contributed by atoms with Crippen molar-refractivity contribution in [2.45, 2.75) is 44.7 Å². The summed E-state index contributed by atoms with van der Waals surface area (Å²) >= 11 is 0. The van der Waals surface area contributed by atoms with Gasteiger partial charge in [-0.1, -0.05) is 0 Å². The van der Waals surface area contributed by atoms with E-state index in [1.165, 1.54) is 0 Å². The molecular weight excluding hydrogens is 308 g/mol. The van der Waals surface area contributed by atoms with E-state index in [9.17, 15) is 14.7 Å². The molecule has 24 heavy (non-hydrogen) atoms. The number of aromatic nitrogens is 2. The van der Waals surface area contributed by atoms with Crippen molar-refractivity contribution in [1.82, 2.24) is 19.8 Å². The molecule has 0 radical (unpaired) electrons. The average Bonchev–Trinajstić information content (AvgIpc) is 3.17. The van der Waals surface area contributed by atoms with Gasteiger partial charge in [0.05, 0.1) is 6.54 Å². The predicted octanol–water partition coefficient (Wildman–Crippen LogP) is 1.09. The SMILES string of the molecule is O=C(O)[C@H]1CC2(CCN(Cc3ncc[nH]3)CC2)CN1C(=O)C1CC1. The van der Waals surface area contributed by atoms with E-state index >= 15 is 0 Å². The summed E-state index contributed by atoms with van der Waals surface area (Å²) in [6, 6.07) is -0.630. The second-order valence-electron chi connectivity index (χ2n) is 7.61. The first-order chi connectivity index (χ1) is 11.6. The number of likely N-dealkylation sites (tertiary alicyclic amines) is 2. The van der Waals surface area contributed by atoms with Crippen LogP contribution in [-0.4, -0.2) is 62.4 Å². The Morgan fingerprint density at radius 3 is 2.67 bits per heavy atom. The van der Waals surface area contributed by atoms with E-state index in [1.54, 1.807) is 11.1 Å². The van der Waals surface area contributed by atoms with Crippen molar-refractivity contribution in [3.8, 4) is 0 Å². The van der Waals surface area contributed by atoms with E-state index < -0.39 is 12.0 Å². The van der Waals surface area contributed by atoms with Crippen LogP contribution in [-0.2, 0) is 16.1 Å². The number of carboxylic acids is 1. The Hall–Kier alpha value is -1.89. The number of hydrogen-bond donors (Lipinski definition) is 2. The number of carboxylic acid groups (broad SMARTS) is 1. The molecule has 1 aromatic heterocycles. The van der Waals surface area contributed by atoms with Crippen molar-refractivity contribution < 1.29 is 14.7 Å². The highest BCUT2D eigenvalue weighted by molar-refractivity contribution is 5.87. The van der Waals surface area contributed by atoms with Gasteiger partial charge in [0, 0.05) is 24.9 Å². The summed E-state index contributed by atoms with van der Waals surface area (Å²) in [5.41, 5.74) is -0.0206. The number of nitrogens with one attached hydrogen (secondary N) is 1. The summed E-state index contributed by atoms with van der Waals surface area (Å²) in [6.07, 6.45) is 7.94. The summed E-state index contributed by atoms with van der Waals surface area (Å²) < 4.78 is 0. The van der Waals surface area contributed by atoms with Crippen LogP contribution in [0.2, 0.25) is 0 Å². The fourth-order valence-electron chi connectivity index (χ4n) is 4.22. The number of amides is 1. The number of aliphatic carboxylic acids is 1. The van der Waals surface area contributed by atoms with Gasteiger partial charge in [-0.2, -0.15) is 0 Å². The highest BCUT2D eigenvalue weighted by atomic mass is 16.4. The van der Waals surface area contributed by atoms with Crippen LogP contribution in [0.1, 0.15) is 37.9 Å². The van der Waals surface area contributed by atoms with E-state index in [1.807, 2.05) is 6.20 Å². The molecule has 0 aromatic carbocycles. The lowest BCUT2D eigenvalue weighted by molar-refractivity contribution is -0.148. The van der Waals surface area contributed by atoms with Crippen molar-refractivity contribution in [3.05, 3.63) is 18.2 Å². The van der Waals surface area contributed by atoms with Crippen LogP contribution in [0, 0.1) is 11.3 Å². The highest BCUT2D eigenvalue weighted by Gasteiger charge is 2.51. The fraction of sp³-hybridized carbons (Fsp3) is 0.706. The first-order valence-electron chi connectivity index (χ1n) is 8.80. The zero-order chi connectivity index (χ0) is 16.7. The molecule has 3 aliphatic rings. The summed E-state index contributed by atoms with van der Waals surface area (Å²) in [5.74, 6) is 0.267. The predicted molar refractivity (Wildman–Crippen MR) is 86.0 cm³/mol. The number of piperidine rings is 1. The molecule has 1 spiro atoms. The Morgan fingerprint density at radius 1 is 1.33 bits per heavy atom. The van der Waals surface area contributed by atoms with Gasteiger partial charge < -0.3 is 15.0 Å². The minimum atomic E-state index is -0.848. The molecule has 7 heteroatoms. The van der Waals surface area contributed by atoms with Gasteiger partial charge in [0.1, 0.15) is 11.9 Å². The fourth-order valence-corrected chi connectivity index (χ4v) is 4.22. The number of nitrogens with zero attached hydrogens (tertiary/aromatic N) is 3. The Balaban J connectivity index is 1.41. The topological polar surface area (TPSA) is 89.5 Å².